The molecule has 4 aromatic carbocycles. The van der Waals surface area contributed by atoms with E-state index < -0.39 is 47.6 Å². The number of aliphatic hydroxyl groups excluding tert-OH is 1. The van der Waals surface area contributed by atoms with Gasteiger partial charge in [-0.2, -0.15) is 0 Å². The number of benzene rings is 4. The molecule has 0 saturated heterocycles. The number of phenolic OH excluding ortho intramolecular Hbond substituents is 1. The molecule has 0 spiro atoms. The molecule has 7 nitrogen and oxygen atoms in total. The molecule has 0 aliphatic heterocycles. The van der Waals surface area contributed by atoms with Gasteiger partial charge < -0.3 is 19.7 Å². The molecule has 0 radical (unpaired) electrons. The molecule has 2 bridgehead atoms. The van der Waals surface area contributed by atoms with Crippen molar-refractivity contribution in [3.8, 4) is 5.75 Å². The molecular weight excluding hydrogens is 520 g/mol. The first kappa shape index (κ1) is 27.0. The SMILES string of the molecule is CC(=O)C1C(O)C2CC1C(C(=O)OCc1ccc3cc(O)ccc3c1)C2C(=O)OCc1ccc2cc(C)ccc2c1. The monoisotopic (exact) mass is 552 g/mol. The van der Waals surface area contributed by atoms with Crippen molar-refractivity contribution in [2.75, 3.05) is 0 Å². The highest BCUT2D eigenvalue weighted by atomic mass is 16.5. The number of esters is 2. The molecule has 7 heteroatoms. The zero-order chi connectivity index (χ0) is 28.8. The summed E-state index contributed by atoms with van der Waals surface area (Å²) in [5.41, 5.74) is 2.74. The van der Waals surface area contributed by atoms with E-state index in [-0.39, 0.29) is 24.7 Å². The molecule has 0 heterocycles. The number of hydrogen-bond donors (Lipinski definition) is 2. The molecule has 0 aromatic heterocycles. The van der Waals surface area contributed by atoms with E-state index in [1.165, 1.54) is 6.92 Å². The first-order chi connectivity index (χ1) is 19.7. The molecule has 2 saturated carbocycles. The Hall–Kier alpha value is -4.23. The molecule has 210 valence electrons. The molecule has 6 rings (SSSR count). The van der Waals surface area contributed by atoms with Crippen molar-refractivity contribution in [1.82, 2.24) is 0 Å². The van der Waals surface area contributed by atoms with Crippen LogP contribution in [0.25, 0.3) is 21.5 Å². The summed E-state index contributed by atoms with van der Waals surface area (Å²) in [4.78, 5) is 39.4. The number of aryl methyl sites for hydroxylation is 1. The van der Waals surface area contributed by atoms with Crippen molar-refractivity contribution in [3.05, 3.63) is 89.5 Å². The standard InChI is InChI=1S/C34H32O7/c1-18-3-6-23-12-20(4-7-22(23)11-18)17-41-34(39)31-28-15-27(29(19(2)35)32(28)37)30(31)33(38)40-16-21-5-8-25-14-26(36)10-9-24(25)13-21/h3-14,27-32,36-37H,15-17H2,1-2H3. The first-order valence-electron chi connectivity index (χ1n) is 13.9. The van der Waals surface area contributed by atoms with Gasteiger partial charge in [0.1, 0.15) is 24.7 Å². The largest absolute Gasteiger partial charge is 0.508 e. The third-order valence-corrected chi connectivity index (χ3v) is 8.85. The second-order valence-electron chi connectivity index (χ2n) is 11.5. The zero-order valence-corrected chi connectivity index (χ0v) is 22.9. The van der Waals surface area contributed by atoms with Gasteiger partial charge in [0.25, 0.3) is 0 Å². The highest BCUT2D eigenvalue weighted by Gasteiger charge is 2.64. The summed E-state index contributed by atoms with van der Waals surface area (Å²) in [5, 5.41) is 24.5. The average Bonchev–Trinajstić information content (AvgIpc) is 3.50. The number of fused-ring (bicyclic) bond motifs is 4. The number of aromatic hydroxyl groups is 1. The Morgan fingerprint density at radius 2 is 1.22 bits per heavy atom. The van der Waals surface area contributed by atoms with Gasteiger partial charge in [-0.05, 0) is 89.0 Å². The topological polar surface area (TPSA) is 110 Å². The normalized spacial score (nSPS) is 25.0. The highest BCUT2D eigenvalue weighted by molar-refractivity contribution is 5.88. The van der Waals surface area contributed by atoms with Crippen LogP contribution in [0.2, 0.25) is 0 Å². The van der Waals surface area contributed by atoms with Gasteiger partial charge in [-0.1, -0.05) is 54.1 Å². The second-order valence-corrected chi connectivity index (χ2v) is 11.5. The number of ether oxygens (including phenoxy) is 2. The quantitative estimate of drug-likeness (QED) is 0.302. The maximum Gasteiger partial charge on any atom is 0.310 e. The average molecular weight is 553 g/mol. The van der Waals surface area contributed by atoms with Crippen LogP contribution in [0.15, 0.2) is 72.8 Å². The van der Waals surface area contributed by atoms with Crippen molar-refractivity contribution in [2.45, 2.75) is 39.6 Å². The van der Waals surface area contributed by atoms with Gasteiger partial charge in [0.05, 0.1) is 17.9 Å². The number of ketones is 1. The summed E-state index contributed by atoms with van der Waals surface area (Å²) in [5.74, 6) is -4.66. The van der Waals surface area contributed by atoms with Gasteiger partial charge >= 0.3 is 11.9 Å². The fourth-order valence-electron chi connectivity index (χ4n) is 6.94. The summed E-state index contributed by atoms with van der Waals surface area (Å²) in [6.45, 7) is 3.48. The Bertz CT molecular complexity index is 1670. The van der Waals surface area contributed by atoms with Gasteiger partial charge in [-0.3, -0.25) is 14.4 Å². The van der Waals surface area contributed by atoms with Crippen LogP contribution in [0.4, 0.5) is 0 Å². The Labute approximate surface area is 237 Å². The highest BCUT2D eigenvalue weighted by Crippen LogP contribution is 2.56. The van der Waals surface area contributed by atoms with E-state index in [1.807, 2.05) is 55.5 Å². The van der Waals surface area contributed by atoms with Crippen LogP contribution in [0.5, 0.6) is 5.75 Å². The summed E-state index contributed by atoms with van der Waals surface area (Å²) in [6.07, 6.45) is -0.611. The van der Waals surface area contributed by atoms with Gasteiger partial charge in [0.15, 0.2) is 0 Å². The van der Waals surface area contributed by atoms with Crippen LogP contribution < -0.4 is 0 Å². The van der Waals surface area contributed by atoms with Gasteiger partial charge in [-0.15, -0.1) is 0 Å². The molecule has 4 aromatic rings. The fraction of sp³-hybridized carbons (Fsp3) is 0.324. The van der Waals surface area contributed by atoms with Crippen LogP contribution in [0, 0.1) is 36.5 Å². The van der Waals surface area contributed by atoms with Crippen molar-refractivity contribution in [2.24, 2.45) is 29.6 Å². The minimum absolute atomic E-state index is 0.00480. The van der Waals surface area contributed by atoms with E-state index in [0.717, 1.165) is 38.2 Å². The number of carbonyl (C=O) groups is 3. The van der Waals surface area contributed by atoms with Crippen LogP contribution in [0.3, 0.4) is 0 Å². The van der Waals surface area contributed by atoms with Crippen LogP contribution >= 0.6 is 0 Å². The van der Waals surface area contributed by atoms with Gasteiger partial charge in [0.2, 0.25) is 0 Å². The molecular formula is C34H32O7. The van der Waals surface area contributed by atoms with Crippen molar-refractivity contribution < 1.29 is 34.1 Å². The Balaban J connectivity index is 1.19. The first-order valence-corrected chi connectivity index (χ1v) is 13.9. The predicted octanol–water partition coefficient (Wildman–Crippen LogP) is 5.24. The summed E-state index contributed by atoms with van der Waals surface area (Å²) in [6, 6.07) is 22.6. The zero-order valence-electron chi connectivity index (χ0n) is 22.9. The Kier molecular flexibility index (Phi) is 6.99. The lowest BCUT2D eigenvalue weighted by atomic mass is 9.71. The Morgan fingerprint density at radius 3 is 1.83 bits per heavy atom. The number of rotatable bonds is 7. The molecule has 6 atom stereocenters. The van der Waals surface area contributed by atoms with E-state index in [4.69, 9.17) is 9.47 Å². The lowest BCUT2D eigenvalue weighted by Gasteiger charge is -2.35. The molecule has 2 aliphatic carbocycles. The molecule has 2 fully saturated rings. The van der Waals surface area contributed by atoms with Crippen molar-refractivity contribution in [1.29, 1.82) is 0 Å². The maximum atomic E-state index is 13.5. The Morgan fingerprint density at radius 1 is 0.707 bits per heavy atom. The third kappa shape index (κ3) is 5.06. The van der Waals surface area contributed by atoms with Crippen molar-refractivity contribution >= 4 is 39.3 Å². The predicted molar refractivity (Wildman–Crippen MR) is 153 cm³/mol. The summed E-state index contributed by atoms with van der Waals surface area (Å²) >= 11 is 0. The number of Topliss-reactive ketones (excluding diaryl/α,β-unsaturated/α-hetero) is 1. The van der Waals surface area contributed by atoms with E-state index in [9.17, 15) is 24.6 Å². The minimum Gasteiger partial charge on any atom is -0.508 e. The van der Waals surface area contributed by atoms with Crippen LogP contribution in [0.1, 0.15) is 30.0 Å². The fourth-order valence-corrected chi connectivity index (χ4v) is 6.94. The van der Waals surface area contributed by atoms with E-state index in [2.05, 4.69) is 6.07 Å². The number of aliphatic hydroxyl groups is 1. The minimum atomic E-state index is -1.00. The van der Waals surface area contributed by atoms with Gasteiger partial charge in [-0.25, -0.2) is 0 Å². The number of phenols is 1. The van der Waals surface area contributed by atoms with Crippen LogP contribution in [-0.4, -0.2) is 34.0 Å². The molecule has 2 N–H and O–H groups in total. The van der Waals surface area contributed by atoms with E-state index >= 15 is 0 Å². The molecule has 6 unspecified atom stereocenters. The van der Waals surface area contributed by atoms with E-state index in [1.54, 1.807) is 18.2 Å². The lowest BCUT2D eigenvalue weighted by Crippen LogP contribution is -2.47. The smallest absolute Gasteiger partial charge is 0.310 e. The number of hydrogen-bond acceptors (Lipinski definition) is 7. The second kappa shape index (κ2) is 10.6. The molecule has 0 amide bonds. The summed E-state index contributed by atoms with van der Waals surface area (Å²) < 4.78 is 11.4. The van der Waals surface area contributed by atoms with Crippen LogP contribution in [-0.2, 0) is 37.1 Å². The summed E-state index contributed by atoms with van der Waals surface area (Å²) in [7, 11) is 0. The molecule has 2 aliphatic rings. The lowest BCUT2D eigenvalue weighted by molar-refractivity contribution is -0.170. The maximum absolute atomic E-state index is 13.5. The van der Waals surface area contributed by atoms with Gasteiger partial charge in [0, 0.05) is 5.92 Å². The number of carbonyl (C=O) groups excluding carboxylic acids is 3. The van der Waals surface area contributed by atoms with Crippen molar-refractivity contribution in [3.63, 3.8) is 0 Å². The van der Waals surface area contributed by atoms with E-state index in [0.29, 0.717) is 6.42 Å². The third-order valence-electron chi connectivity index (χ3n) is 8.85. The molecule has 41 heavy (non-hydrogen) atoms.